The molecule has 3 nitrogen and oxygen atoms in total. The number of rotatable bonds is 2. The molecule has 0 aromatic heterocycles. The molecule has 1 amide bonds. The molecule has 1 heterocycles. The molecule has 110 valence electrons. The zero-order chi connectivity index (χ0) is 13.2. The van der Waals surface area contributed by atoms with Gasteiger partial charge in [0.1, 0.15) is 0 Å². The van der Waals surface area contributed by atoms with Gasteiger partial charge in [-0.15, -0.1) is 24.2 Å². The lowest BCUT2D eigenvalue weighted by atomic mass is 9.91. The number of hydrogen-bond acceptors (Lipinski definition) is 3. The third-order valence-corrected chi connectivity index (χ3v) is 5.38. The molecule has 0 saturated heterocycles. The van der Waals surface area contributed by atoms with Gasteiger partial charge < -0.3 is 11.1 Å². The molecule has 2 aliphatic rings. The van der Waals surface area contributed by atoms with Crippen molar-refractivity contribution in [3.05, 3.63) is 29.8 Å². The van der Waals surface area contributed by atoms with Gasteiger partial charge in [0, 0.05) is 17.0 Å². The lowest BCUT2D eigenvalue weighted by molar-refractivity contribution is -0.121. The van der Waals surface area contributed by atoms with Gasteiger partial charge in [0.2, 0.25) is 5.91 Å². The molecular formula is C15H21ClN2OS. The van der Waals surface area contributed by atoms with Crippen molar-refractivity contribution in [3.8, 4) is 0 Å². The summed E-state index contributed by atoms with van der Waals surface area (Å²) < 4.78 is 0. The first kappa shape index (κ1) is 15.7. The molecule has 20 heavy (non-hydrogen) atoms. The van der Waals surface area contributed by atoms with Crippen LogP contribution in [0.4, 0.5) is 0 Å². The normalized spacial score (nSPS) is 28.4. The third-order valence-electron chi connectivity index (χ3n) is 4.06. The Morgan fingerprint density at radius 1 is 1.20 bits per heavy atom. The molecule has 3 rings (SSSR count). The summed E-state index contributed by atoms with van der Waals surface area (Å²) in [5.74, 6) is 0.196. The van der Waals surface area contributed by atoms with E-state index >= 15 is 0 Å². The van der Waals surface area contributed by atoms with Crippen molar-refractivity contribution < 1.29 is 4.79 Å². The first-order valence-corrected chi connectivity index (χ1v) is 7.91. The Kier molecular flexibility index (Phi) is 5.35. The second kappa shape index (κ2) is 6.83. The second-order valence-electron chi connectivity index (χ2n) is 5.54. The fourth-order valence-corrected chi connectivity index (χ4v) is 4.09. The zero-order valence-corrected chi connectivity index (χ0v) is 13.0. The maximum atomic E-state index is 12.3. The van der Waals surface area contributed by atoms with Gasteiger partial charge in [-0.05, 0) is 43.7 Å². The predicted octanol–water partition coefficient (Wildman–Crippen LogP) is 2.51. The maximum absolute atomic E-state index is 12.3. The van der Waals surface area contributed by atoms with Crippen molar-refractivity contribution in [2.45, 2.75) is 54.3 Å². The van der Waals surface area contributed by atoms with E-state index in [1.165, 1.54) is 10.5 Å². The minimum Gasteiger partial charge on any atom is -0.352 e. The van der Waals surface area contributed by atoms with Crippen LogP contribution in [0, 0.1) is 0 Å². The highest BCUT2D eigenvalue weighted by Crippen LogP contribution is 2.36. The van der Waals surface area contributed by atoms with Crippen LogP contribution in [0.3, 0.4) is 0 Å². The molecule has 1 saturated carbocycles. The molecular weight excluding hydrogens is 292 g/mol. The van der Waals surface area contributed by atoms with Crippen molar-refractivity contribution >= 4 is 30.1 Å². The number of benzene rings is 1. The van der Waals surface area contributed by atoms with Crippen molar-refractivity contribution in [1.82, 2.24) is 5.32 Å². The van der Waals surface area contributed by atoms with Crippen LogP contribution in [0.15, 0.2) is 29.2 Å². The number of carbonyl (C=O) groups excluding carboxylic acids is 1. The summed E-state index contributed by atoms with van der Waals surface area (Å²) in [5, 5.41) is 3.25. The van der Waals surface area contributed by atoms with Gasteiger partial charge in [0.05, 0.1) is 5.25 Å². The number of amides is 1. The average Bonchev–Trinajstić information content (AvgIpc) is 2.85. The van der Waals surface area contributed by atoms with E-state index in [0.29, 0.717) is 12.1 Å². The minimum absolute atomic E-state index is 0. The monoisotopic (exact) mass is 312 g/mol. The van der Waals surface area contributed by atoms with Gasteiger partial charge in [0.25, 0.3) is 0 Å². The number of halogens is 1. The SMILES string of the molecule is Cl.NC1CCC(NC(=O)C2Cc3ccccc3S2)CC1. The van der Waals surface area contributed by atoms with Crippen LogP contribution in [-0.4, -0.2) is 23.2 Å². The van der Waals surface area contributed by atoms with Gasteiger partial charge in [-0.2, -0.15) is 0 Å². The highest BCUT2D eigenvalue weighted by atomic mass is 35.5. The van der Waals surface area contributed by atoms with Crippen molar-refractivity contribution in [2.75, 3.05) is 0 Å². The Morgan fingerprint density at radius 3 is 2.60 bits per heavy atom. The molecule has 0 radical (unpaired) electrons. The van der Waals surface area contributed by atoms with E-state index in [2.05, 4.69) is 17.4 Å². The van der Waals surface area contributed by atoms with E-state index in [-0.39, 0.29) is 23.6 Å². The van der Waals surface area contributed by atoms with Gasteiger partial charge >= 0.3 is 0 Å². The smallest absolute Gasteiger partial charge is 0.234 e. The molecule has 5 heteroatoms. The summed E-state index contributed by atoms with van der Waals surface area (Å²) in [6, 6.07) is 8.97. The van der Waals surface area contributed by atoms with Crippen LogP contribution in [0.2, 0.25) is 0 Å². The lowest BCUT2D eigenvalue weighted by Crippen LogP contribution is -2.43. The Balaban J connectivity index is 0.00000147. The zero-order valence-electron chi connectivity index (χ0n) is 11.4. The van der Waals surface area contributed by atoms with E-state index in [4.69, 9.17) is 5.73 Å². The van der Waals surface area contributed by atoms with Crippen LogP contribution in [0.25, 0.3) is 0 Å². The lowest BCUT2D eigenvalue weighted by Gasteiger charge is -2.27. The largest absolute Gasteiger partial charge is 0.352 e. The van der Waals surface area contributed by atoms with E-state index in [1.54, 1.807) is 11.8 Å². The van der Waals surface area contributed by atoms with Crippen molar-refractivity contribution in [2.24, 2.45) is 5.73 Å². The topological polar surface area (TPSA) is 55.1 Å². The molecule has 1 aliphatic carbocycles. The molecule has 0 bridgehead atoms. The fraction of sp³-hybridized carbons (Fsp3) is 0.533. The number of hydrogen-bond donors (Lipinski definition) is 2. The summed E-state index contributed by atoms with van der Waals surface area (Å²) in [6.07, 6.45) is 4.97. The van der Waals surface area contributed by atoms with E-state index in [0.717, 1.165) is 32.1 Å². The summed E-state index contributed by atoms with van der Waals surface area (Å²) in [4.78, 5) is 13.6. The van der Waals surface area contributed by atoms with E-state index in [1.807, 2.05) is 12.1 Å². The highest BCUT2D eigenvalue weighted by molar-refractivity contribution is 8.01. The van der Waals surface area contributed by atoms with Crippen molar-refractivity contribution in [3.63, 3.8) is 0 Å². The van der Waals surface area contributed by atoms with Gasteiger partial charge in [-0.1, -0.05) is 18.2 Å². The van der Waals surface area contributed by atoms with Crippen LogP contribution in [0.5, 0.6) is 0 Å². The molecule has 1 unspecified atom stereocenters. The molecule has 0 spiro atoms. The van der Waals surface area contributed by atoms with Crippen molar-refractivity contribution in [1.29, 1.82) is 0 Å². The van der Waals surface area contributed by atoms with Gasteiger partial charge in [0.15, 0.2) is 0 Å². The van der Waals surface area contributed by atoms with Crippen LogP contribution >= 0.6 is 24.2 Å². The number of thioether (sulfide) groups is 1. The standard InChI is InChI=1S/C15H20N2OS.ClH/c16-11-5-7-12(8-6-11)17-15(18)14-9-10-3-1-2-4-13(10)19-14;/h1-4,11-12,14H,5-9,16H2,(H,17,18);1H. The number of nitrogens with two attached hydrogens (primary N) is 1. The van der Waals surface area contributed by atoms with Crippen LogP contribution in [-0.2, 0) is 11.2 Å². The van der Waals surface area contributed by atoms with Crippen LogP contribution in [0.1, 0.15) is 31.2 Å². The maximum Gasteiger partial charge on any atom is 0.234 e. The average molecular weight is 313 g/mol. The molecule has 1 aliphatic heterocycles. The third kappa shape index (κ3) is 3.48. The summed E-state index contributed by atoms with van der Waals surface area (Å²) >= 11 is 1.70. The van der Waals surface area contributed by atoms with Gasteiger partial charge in [-0.3, -0.25) is 4.79 Å². The first-order chi connectivity index (χ1) is 9.22. The Hall–Kier alpha value is -0.710. The minimum atomic E-state index is 0. The van der Waals surface area contributed by atoms with E-state index < -0.39 is 0 Å². The molecule has 1 aromatic carbocycles. The first-order valence-electron chi connectivity index (χ1n) is 7.03. The Bertz CT molecular complexity index is 450. The highest BCUT2D eigenvalue weighted by Gasteiger charge is 2.30. The Labute approximate surface area is 130 Å². The number of carbonyl (C=O) groups is 1. The molecule has 3 N–H and O–H groups in total. The summed E-state index contributed by atoms with van der Waals surface area (Å²) in [6.45, 7) is 0. The second-order valence-corrected chi connectivity index (χ2v) is 6.78. The van der Waals surface area contributed by atoms with Crippen LogP contribution < -0.4 is 11.1 Å². The number of fused-ring (bicyclic) bond motifs is 1. The molecule has 1 aromatic rings. The molecule has 1 fully saturated rings. The Morgan fingerprint density at radius 2 is 1.90 bits per heavy atom. The summed E-state index contributed by atoms with van der Waals surface area (Å²) in [7, 11) is 0. The number of nitrogens with one attached hydrogen (secondary N) is 1. The quantitative estimate of drug-likeness (QED) is 0.882. The fourth-order valence-electron chi connectivity index (χ4n) is 2.89. The van der Waals surface area contributed by atoms with E-state index in [9.17, 15) is 4.79 Å². The molecule has 1 atom stereocenters. The predicted molar refractivity (Wildman–Crippen MR) is 85.4 cm³/mol. The summed E-state index contributed by atoms with van der Waals surface area (Å²) in [5.41, 5.74) is 7.19. The van der Waals surface area contributed by atoms with Gasteiger partial charge in [-0.25, -0.2) is 0 Å².